The third-order valence-electron chi connectivity index (χ3n) is 5.61. The van der Waals surface area contributed by atoms with Crippen LogP contribution in [0.1, 0.15) is 46.0 Å². The van der Waals surface area contributed by atoms with Gasteiger partial charge in [-0.2, -0.15) is 13.2 Å². The van der Waals surface area contributed by atoms with E-state index < -0.39 is 12.1 Å². The molecule has 0 bridgehead atoms. The van der Waals surface area contributed by atoms with Crippen LogP contribution in [0.5, 0.6) is 0 Å². The van der Waals surface area contributed by atoms with Crippen molar-refractivity contribution < 1.29 is 32.3 Å². The van der Waals surface area contributed by atoms with E-state index in [9.17, 15) is 18.0 Å². The first-order valence-electron chi connectivity index (χ1n) is 11.6. The van der Waals surface area contributed by atoms with E-state index in [4.69, 9.17) is 14.3 Å². The first kappa shape index (κ1) is 28.1. The third-order valence-corrected chi connectivity index (χ3v) is 5.61. The van der Waals surface area contributed by atoms with Crippen LogP contribution in [0.4, 0.5) is 24.9 Å². The fourth-order valence-corrected chi connectivity index (χ4v) is 3.58. The highest BCUT2D eigenvalue weighted by atomic mass is 19.4. The lowest BCUT2D eigenvalue weighted by Gasteiger charge is -2.17. The van der Waals surface area contributed by atoms with E-state index in [0.717, 1.165) is 69.5 Å². The van der Waals surface area contributed by atoms with E-state index in [0.29, 0.717) is 11.9 Å². The number of anilines is 2. The Morgan fingerprint density at radius 2 is 1.71 bits per heavy atom. The minimum absolute atomic E-state index is 0.124. The fourth-order valence-electron chi connectivity index (χ4n) is 3.58. The number of hydrogen-bond acceptors (Lipinski definition) is 7. The lowest BCUT2D eigenvalue weighted by molar-refractivity contribution is -0.192. The molecule has 3 N–H and O–H groups in total. The van der Waals surface area contributed by atoms with E-state index in [1.807, 2.05) is 24.3 Å². The van der Waals surface area contributed by atoms with Gasteiger partial charge in [0.05, 0.1) is 0 Å². The number of halogens is 3. The summed E-state index contributed by atoms with van der Waals surface area (Å²) in [6.45, 7) is 8.33. The van der Waals surface area contributed by atoms with Crippen LogP contribution in [0.2, 0.25) is 0 Å². The van der Waals surface area contributed by atoms with Crippen molar-refractivity contribution in [3.63, 3.8) is 0 Å². The number of aromatic nitrogens is 2. The molecule has 0 saturated heterocycles. The summed E-state index contributed by atoms with van der Waals surface area (Å²) in [5.74, 6) is -2.00. The number of alkyl halides is 3. The number of aliphatic carboxylic acids is 1. The highest BCUT2D eigenvalue weighted by molar-refractivity contribution is 5.92. The lowest BCUT2D eigenvalue weighted by Crippen LogP contribution is -2.25. The first-order valence-corrected chi connectivity index (χ1v) is 11.6. The molecule has 0 atom stereocenters. The zero-order chi connectivity index (χ0) is 25.8. The lowest BCUT2D eigenvalue weighted by atomic mass is 10.1. The number of rotatable bonds is 10. The van der Waals surface area contributed by atoms with Crippen molar-refractivity contribution in [2.75, 3.05) is 36.8 Å². The van der Waals surface area contributed by atoms with E-state index in [2.05, 4.69) is 39.6 Å². The number of carbonyl (C=O) groups excluding carboxylic acids is 1. The second-order valence-corrected chi connectivity index (χ2v) is 8.07. The number of amides is 1. The Balaban J connectivity index is 0.000000540. The maximum Gasteiger partial charge on any atom is 0.490 e. The molecule has 1 amide bonds. The maximum absolute atomic E-state index is 12.2. The summed E-state index contributed by atoms with van der Waals surface area (Å²) in [5, 5.41) is 21.5. The number of nitrogens with zero attached hydrogens (tertiary/aromatic N) is 3. The Morgan fingerprint density at radius 1 is 1.11 bits per heavy atom. The van der Waals surface area contributed by atoms with Crippen molar-refractivity contribution in [1.29, 1.82) is 0 Å². The molecule has 0 radical (unpaired) electrons. The van der Waals surface area contributed by atoms with Gasteiger partial charge in [-0.1, -0.05) is 31.8 Å². The Labute approximate surface area is 202 Å². The third kappa shape index (κ3) is 9.55. The zero-order valence-electron chi connectivity index (χ0n) is 19.9. The zero-order valence-corrected chi connectivity index (χ0v) is 19.9. The minimum atomic E-state index is -5.08. The summed E-state index contributed by atoms with van der Waals surface area (Å²) >= 11 is 0. The standard InChI is InChI=1S/C21H31N5O2.C2HF3O2/c1-3-26(4-2)15-7-14-22-21-25-24-20(28-21)17-10-12-18(13-11-17)23-19(27)16-8-5-6-9-16;3-2(4,5)1(6)7/h10-13,16H,3-9,14-15H2,1-2H3,(H,22,25)(H,23,27);(H,6,7). The molecule has 3 rings (SSSR count). The molecule has 1 heterocycles. The molecule has 0 unspecified atom stereocenters. The van der Waals surface area contributed by atoms with Crippen molar-refractivity contribution in [2.24, 2.45) is 5.92 Å². The first-order chi connectivity index (χ1) is 16.6. The normalized spacial score (nSPS) is 13.9. The summed E-state index contributed by atoms with van der Waals surface area (Å²) in [5.41, 5.74) is 1.64. The average Bonchev–Trinajstić information content (AvgIpc) is 3.52. The monoisotopic (exact) mass is 499 g/mol. The molecule has 35 heavy (non-hydrogen) atoms. The van der Waals surface area contributed by atoms with Crippen molar-refractivity contribution in [3.8, 4) is 11.5 Å². The number of hydrogen-bond donors (Lipinski definition) is 3. The van der Waals surface area contributed by atoms with E-state index in [1.54, 1.807) is 0 Å². The van der Waals surface area contributed by atoms with Crippen LogP contribution >= 0.6 is 0 Å². The van der Waals surface area contributed by atoms with E-state index in [-0.39, 0.29) is 11.8 Å². The average molecular weight is 500 g/mol. The molecule has 1 saturated carbocycles. The molecule has 1 aliphatic rings. The second-order valence-electron chi connectivity index (χ2n) is 8.07. The Kier molecular flexibility index (Phi) is 11.0. The Bertz CT molecular complexity index is 924. The Morgan fingerprint density at radius 3 is 2.26 bits per heavy atom. The largest absolute Gasteiger partial charge is 0.490 e. The molecule has 1 aliphatic carbocycles. The summed E-state index contributed by atoms with van der Waals surface area (Å²) in [4.78, 5) is 23.5. The molecule has 12 heteroatoms. The number of carbonyl (C=O) groups is 2. The minimum Gasteiger partial charge on any atom is -0.475 e. The van der Waals surface area contributed by atoms with Crippen LogP contribution in [-0.4, -0.2) is 64.4 Å². The summed E-state index contributed by atoms with van der Waals surface area (Å²) in [6.07, 6.45) is 0.238. The molecule has 194 valence electrons. The highest BCUT2D eigenvalue weighted by Crippen LogP contribution is 2.27. The smallest absolute Gasteiger partial charge is 0.475 e. The van der Waals surface area contributed by atoms with Crippen molar-refractivity contribution in [1.82, 2.24) is 15.1 Å². The summed E-state index contributed by atoms with van der Waals surface area (Å²) in [7, 11) is 0. The number of nitrogens with one attached hydrogen (secondary N) is 2. The quantitative estimate of drug-likeness (QED) is 0.404. The molecule has 1 fully saturated rings. The van der Waals surface area contributed by atoms with Gasteiger partial charge in [0, 0.05) is 23.7 Å². The molecule has 2 aromatic rings. The van der Waals surface area contributed by atoms with Crippen LogP contribution in [0, 0.1) is 5.92 Å². The Hall–Kier alpha value is -3.15. The van der Waals surface area contributed by atoms with Gasteiger partial charge in [-0.15, -0.1) is 5.10 Å². The van der Waals surface area contributed by atoms with Crippen LogP contribution in [0.3, 0.4) is 0 Å². The van der Waals surface area contributed by atoms with Gasteiger partial charge in [0.15, 0.2) is 0 Å². The SMILES string of the molecule is CCN(CC)CCCNc1nnc(-c2ccc(NC(=O)C3CCCC3)cc2)o1.O=C(O)C(F)(F)F. The molecular formula is C23H32F3N5O4. The van der Waals surface area contributed by atoms with Crippen LogP contribution in [0.25, 0.3) is 11.5 Å². The van der Waals surface area contributed by atoms with Crippen molar-refractivity contribution >= 4 is 23.6 Å². The predicted molar refractivity (Wildman–Crippen MR) is 125 cm³/mol. The van der Waals surface area contributed by atoms with Crippen LogP contribution < -0.4 is 10.6 Å². The highest BCUT2D eigenvalue weighted by Gasteiger charge is 2.38. The van der Waals surface area contributed by atoms with Gasteiger partial charge in [-0.25, -0.2) is 4.79 Å². The molecule has 1 aromatic carbocycles. The van der Waals surface area contributed by atoms with Gasteiger partial charge in [0.1, 0.15) is 0 Å². The van der Waals surface area contributed by atoms with Gasteiger partial charge in [-0.05, 0) is 63.2 Å². The predicted octanol–water partition coefficient (Wildman–Crippen LogP) is 4.64. The van der Waals surface area contributed by atoms with Crippen molar-refractivity contribution in [2.45, 2.75) is 52.1 Å². The molecule has 0 spiro atoms. The van der Waals surface area contributed by atoms with Gasteiger partial charge in [-0.3, -0.25) is 4.79 Å². The molecule has 0 aliphatic heterocycles. The van der Waals surface area contributed by atoms with Gasteiger partial charge in [0.2, 0.25) is 11.8 Å². The number of benzene rings is 1. The second kappa shape index (κ2) is 13.7. The molecular weight excluding hydrogens is 467 g/mol. The van der Waals surface area contributed by atoms with Crippen LogP contribution in [0.15, 0.2) is 28.7 Å². The van der Waals surface area contributed by atoms with Crippen molar-refractivity contribution in [3.05, 3.63) is 24.3 Å². The molecule has 1 aromatic heterocycles. The van der Waals surface area contributed by atoms with Crippen LogP contribution in [-0.2, 0) is 9.59 Å². The number of carboxylic acids is 1. The topological polar surface area (TPSA) is 121 Å². The summed E-state index contributed by atoms with van der Waals surface area (Å²) < 4.78 is 37.4. The maximum atomic E-state index is 12.2. The summed E-state index contributed by atoms with van der Waals surface area (Å²) in [6, 6.07) is 7.98. The number of carboxylic acid groups (broad SMARTS) is 1. The van der Waals surface area contributed by atoms with E-state index >= 15 is 0 Å². The van der Waals surface area contributed by atoms with Gasteiger partial charge in [0.25, 0.3) is 0 Å². The van der Waals surface area contributed by atoms with Gasteiger partial charge >= 0.3 is 18.2 Å². The van der Waals surface area contributed by atoms with Gasteiger partial charge < -0.3 is 25.1 Å². The molecule has 9 nitrogen and oxygen atoms in total. The fraction of sp³-hybridized carbons (Fsp3) is 0.565. The van der Waals surface area contributed by atoms with E-state index in [1.165, 1.54) is 0 Å².